The number of anilines is 2. The third kappa shape index (κ3) is 4.27. The molecule has 4 aliphatic rings. The predicted molar refractivity (Wildman–Crippen MR) is 162 cm³/mol. The van der Waals surface area contributed by atoms with E-state index in [1.807, 2.05) is 24.0 Å². The smallest absolute Gasteiger partial charge is 0.139 e. The fourth-order valence-corrected chi connectivity index (χ4v) is 6.88. The molecule has 208 valence electrons. The van der Waals surface area contributed by atoms with E-state index in [4.69, 9.17) is 20.4 Å². The lowest BCUT2D eigenvalue weighted by Crippen LogP contribution is -2.56. The Kier molecular flexibility index (Phi) is 5.82. The van der Waals surface area contributed by atoms with Crippen molar-refractivity contribution in [2.75, 3.05) is 36.9 Å². The van der Waals surface area contributed by atoms with E-state index >= 15 is 0 Å². The Balaban J connectivity index is 1.03. The minimum absolute atomic E-state index is 0.533. The van der Waals surface area contributed by atoms with Crippen LogP contribution in [0.5, 0.6) is 0 Å². The highest BCUT2D eigenvalue weighted by Crippen LogP contribution is 2.37. The molecule has 0 aliphatic carbocycles. The number of fused-ring (bicyclic) bond motifs is 5. The highest BCUT2D eigenvalue weighted by molar-refractivity contribution is 5.90. The highest BCUT2D eigenvalue weighted by Gasteiger charge is 2.41. The van der Waals surface area contributed by atoms with Gasteiger partial charge in [-0.05, 0) is 66.3 Å². The molecule has 0 aromatic carbocycles. The van der Waals surface area contributed by atoms with Crippen molar-refractivity contribution in [1.29, 1.82) is 0 Å². The molecule has 41 heavy (non-hydrogen) atoms. The summed E-state index contributed by atoms with van der Waals surface area (Å²) in [4.78, 5) is 14.8. The van der Waals surface area contributed by atoms with E-state index in [2.05, 4.69) is 68.3 Å². The second-order valence-electron chi connectivity index (χ2n) is 11.6. The Hall–Kier alpha value is -4.21. The molecule has 0 saturated carbocycles. The zero-order valence-electron chi connectivity index (χ0n) is 23.3. The van der Waals surface area contributed by atoms with Crippen LogP contribution >= 0.6 is 0 Å². The molecule has 9 heterocycles. The number of nitrogens with two attached hydrogens (primary N) is 1. The SMILES string of the molecule is Cn1ccc2cc(CN3C4CCN(c5ccc(-c6cc(C7=CCOCC7)cn7ncc(N)c67)cn5)CC3C4)cnc21. The molecule has 2 unspecified atom stereocenters. The first-order chi connectivity index (χ1) is 20.1. The molecule has 0 spiro atoms. The summed E-state index contributed by atoms with van der Waals surface area (Å²) in [6.07, 6.45) is 15.4. The van der Waals surface area contributed by atoms with Crippen LogP contribution in [0.4, 0.5) is 11.5 Å². The van der Waals surface area contributed by atoms with Crippen LogP contribution in [-0.4, -0.2) is 67.4 Å². The lowest BCUT2D eigenvalue weighted by molar-refractivity contribution is 0.0199. The van der Waals surface area contributed by atoms with Crippen LogP contribution in [0.3, 0.4) is 0 Å². The number of aryl methyl sites for hydroxylation is 1. The maximum absolute atomic E-state index is 6.37. The summed E-state index contributed by atoms with van der Waals surface area (Å²) in [5.74, 6) is 1.04. The van der Waals surface area contributed by atoms with Gasteiger partial charge in [0.05, 0.1) is 30.6 Å². The first kappa shape index (κ1) is 24.6. The molecule has 3 saturated heterocycles. The summed E-state index contributed by atoms with van der Waals surface area (Å²) in [6.45, 7) is 4.36. The first-order valence-corrected chi connectivity index (χ1v) is 14.5. The number of aromatic nitrogens is 5. The van der Waals surface area contributed by atoms with Crippen molar-refractivity contribution in [3.05, 3.63) is 78.5 Å². The van der Waals surface area contributed by atoms with Gasteiger partial charge in [0.25, 0.3) is 0 Å². The van der Waals surface area contributed by atoms with Crippen molar-refractivity contribution in [3.8, 4) is 11.1 Å². The molecule has 5 aromatic heterocycles. The molecule has 2 N–H and O–H groups in total. The molecule has 5 aromatic rings. The van der Waals surface area contributed by atoms with Gasteiger partial charge < -0.3 is 19.9 Å². The molecule has 2 atom stereocenters. The van der Waals surface area contributed by atoms with E-state index in [-0.39, 0.29) is 0 Å². The average Bonchev–Trinajstić information content (AvgIpc) is 3.41. The molecule has 9 rings (SSSR count). The lowest BCUT2D eigenvalue weighted by atomic mass is 9.91. The number of hydrogen-bond donors (Lipinski definition) is 1. The van der Waals surface area contributed by atoms with Gasteiger partial charge in [0.1, 0.15) is 11.5 Å². The van der Waals surface area contributed by atoms with Crippen LogP contribution in [0.25, 0.3) is 33.3 Å². The topological polar surface area (TPSA) is 89.7 Å². The molecule has 4 aliphatic heterocycles. The van der Waals surface area contributed by atoms with Crippen molar-refractivity contribution < 1.29 is 4.74 Å². The fourth-order valence-electron chi connectivity index (χ4n) is 6.88. The number of ether oxygens (including phenoxy) is 1. The van der Waals surface area contributed by atoms with Gasteiger partial charge in [-0.25, -0.2) is 14.5 Å². The van der Waals surface area contributed by atoms with Crippen molar-refractivity contribution in [2.45, 2.75) is 37.9 Å². The van der Waals surface area contributed by atoms with Crippen LogP contribution in [0.2, 0.25) is 0 Å². The minimum Gasteiger partial charge on any atom is -0.396 e. The van der Waals surface area contributed by atoms with Crippen molar-refractivity contribution >= 4 is 33.6 Å². The Morgan fingerprint density at radius 2 is 2.00 bits per heavy atom. The second-order valence-corrected chi connectivity index (χ2v) is 11.6. The van der Waals surface area contributed by atoms with Crippen LogP contribution in [0.1, 0.15) is 30.4 Å². The van der Waals surface area contributed by atoms with Gasteiger partial charge in [0.2, 0.25) is 0 Å². The number of pyridine rings is 3. The van der Waals surface area contributed by atoms with Crippen molar-refractivity contribution in [1.82, 2.24) is 29.0 Å². The summed E-state index contributed by atoms with van der Waals surface area (Å²) in [6, 6.07) is 12.2. The van der Waals surface area contributed by atoms with E-state index in [1.165, 1.54) is 22.9 Å². The summed E-state index contributed by atoms with van der Waals surface area (Å²) in [5, 5.41) is 5.73. The predicted octanol–water partition coefficient (Wildman–Crippen LogP) is 4.52. The van der Waals surface area contributed by atoms with Crippen LogP contribution in [-0.2, 0) is 18.3 Å². The summed E-state index contributed by atoms with van der Waals surface area (Å²) < 4.78 is 9.50. The number of nitrogens with zero attached hydrogens (tertiary/aromatic N) is 7. The van der Waals surface area contributed by atoms with E-state index in [0.717, 1.165) is 72.8 Å². The number of rotatable bonds is 5. The molecule has 9 nitrogen and oxygen atoms in total. The van der Waals surface area contributed by atoms with Gasteiger partial charge in [-0.15, -0.1) is 0 Å². The third-order valence-corrected chi connectivity index (χ3v) is 9.13. The summed E-state index contributed by atoms with van der Waals surface area (Å²) in [7, 11) is 2.05. The Morgan fingerprint density at radius 3 is 2.85 bits per heavy atom. The lowest BCUT2D eigenvalue weighted by Gasteiger charge is -2.47. The van der Waals surface area contributed by atoms with Crippen LogP contribution in [0.15, 0.2) is 67.4 Å². The van der Waals surface area contributed by atoms with Crippen molar-refractivity contribution in [3.63, 3.8) is 0 Å². The van der Waals surface area contributed by atoms with Crippen molar-refractivity contribution in [2.24, 2.45) is 7.05 Å². The van der Waals surface area contributed by atoms with E-state index in [0.29, 0.717) is 24.4 Å². The van der Waals surface area contributed by atoms with Crippen LogP contribution < -0.4 is 10.6 Å². The van der Waals surface area contributed by atoms with E-state index < -0.39 is 0 Å². The maximum atomic E-state index is 6.37. The van der Waals surface area contributed by atoms with Crippen LogP contribution in [0, 0.1) is 0 Å². The van der Waals surface area contributed by atoms with Gasteiger partial charge in [-0.2, -0.15) is 5.10 Å². The normalized spacial score (nSPS) is 21.2. The van der Waals surface area contributed by atoms with Gasteiger partial charge in [0, 0.05) is 80.1 Å². The molecule has 2 bridgehead atoms. The van der Waals surface area contributed by atoms with Gasteiger partial charge >= 0.3 is 0 Å². The third-order valence-electron chi connectivity index (χ3n) is 9.13. The minimum atomic E-state index is 0.533. The quantitative estimate of drug-likeness (QED) is 0.347. The molecule has 3 fully saturated rings. The number of hydrogen-bond acceptors (Lipinski definition) is 7. The van der Waals surface area contributed by atoms with Gasteiger partial charge in [-0.3, -0.25) is 4.90 Å². The Labute approximate surface area is 238 Å². The molecule has 9 heteroatoms. The molecule has 0 amide bonds. The largest absolute Gasteiger partial charge is 0.396 e. The molecular weight excluding hydrogens is 512 g/mol. The van der Waals surface area contributed by atoms with Gasteiger partial charge in [-0.1, -0.05) is 6.08 Å². The zero-order chi connectivity index (χ0) is 27.5. The number of nitrogen functional groups attached to an aromatic ring is 1. The maximum Gasteiger partial charge on any atom is 0.139 e. The standard InChI is InChI=1S/C32H34N8O/c1-37-8-4-23-12-21(15-35-32(23)37)18-39-26-5-9-38(20-27(39)14-26)30-3-2-24(16-34-30)28-13-25(22-6-10-41-11-7-22)19-40-31(28)29(33)17-36-40/h2-4,6,8,12-13,15-17,19,26-27H,5,7,9-11,14,18,20,33H2,1H3. The Bertz CT molecular complexity index is 1790. The molecule has 0 radical (unpaired) electrons. The summed E-state index contributed by atoms with van der Waals surface area (Å²) >= 11 is 0. The molecular formula is C32H34N8O. The average molecular weight is 547 g/mol. The van der Waals surface area contributed by atoms with Gasteiger partial charge in [0.15, 0.2) is 0 Å². The second kappa shape index (κ2) is 9.71. The monoisotopic (exact) mass is 546 g/mol. The van der Waals surface area contributed by atoms with E-state index in [1.54, 1.807) is 6.20 Å². The highest BCUT2D eigenvalue weighted by atomic mass is 16.5. The Morgan fingerprint density at radius 1 is 1.05 bits per heavy atom. The first-order valence-electron chi connectivity index (χ1n) is 14.5. The zero-order valence-corrected chi connectivity index (χ0v) is 23.3. The van der Waals surface area contributed by atoms with E-state index in [9.17, 15) is 0 Å². The summed E-state index contributed by atoms with van der Waals surface area (Å²) in [5.41, 5.74) is 14.8. The fraction of sp³-hybridized carbons (Fsp3) is 0.344.